The molecule has 2 fully saturated rings. The number of hydrogen-bond donors (Lipinski definition) is 0. The average Bonchev–Trinajstić information content (AvgIpc) is 3.05. The summed E-state index contributed by atoms with van der Waals surface area (Å²) in [5, 5.41) is 0. The molecule has 2 heterocycles. The van der Waals surface area contributed by atoms with Gasteiger partial charge in [-0.25, -0.2) is 0 Å². The maximum absolute atomic E-state index is 13.2. The quantitative estimate of drug-likeness (QED) is 0.715. The van der Waals surface area contributed by atoms with Gasteiger partial charge in [0.2, 0.25) is 5.91 Å². The van der Waals surface area contributed by atoms with E-state index in [1.165, 1.54) is 31.4 Å². The second-order valence-electron chi connectivity index (χ2n) is 8.75. The van der Waals surface area contributed by atoms with Gasteiger partial charge in [0.1, 0.15) is 0 Å². The SMILES string of the molecule is CC(C)CC(=O)N1C[C@@H](CN2CCCCC2)[C@H](c2cccc(C(F)(F)F)c2)C1. The van der Waals surface area contributed by atoms with Crippen molar-refractivity contribution in [2.45, 2.75) is 51.6 Å². The largest absolute Gasteiger partial charge is 0.416 e. The monoisotopic (exact) mass is 396 g/mol. The van der Waals surface area contributed by atoms with Crippen molar-refractivity contribution in [1.29, 1.82) is 0 Å². The summed E-state index contributed by atoms with van der Waals surface area (Å²) in [7, 11) is 0. The highest BCUT2D eigenvalue weighted by Crippen LogP contribution is 2.37. The van der Waals surface area contributed by atoms with Crippen LogP contribution in [0.5, 0.6) is 0 Å². The lowest BCUT2D eigenvalue weighted by Crippen LogP contribution is -2.37. The molecule has 3 rings (SSSR count). The molecule has 1 aromatic rings. The Labute approximate surface area is 165 Å². The second-order valence-corrected chi connectivity index (χ2v) is 8.75. The van der Waals surface area contributed by atoms with Gasteiger partial charge in [0.05, 0.1) is 5.56 Å². The first kappa shape index (κ1) is 21.2. The van der Waals surface area contributed by atoms with E-state index < -0.39 is 11.7 Å². The number of halogens is 3. The van der Waals surface area contributed by atoms with Gasteiger partial charge in [-0.2, -0.15) is 13.2 Å². The molecule has 0 N–H and O–H groups in total. The Balaban J connectivity index is 1.81. The van der Waals surface area contributed by atoms with Crippen LogP contribution in [0.15, 0.2) is 24.3 Å². The summed E-state index contributed by atoms with van der Waals surface area (Å²) >= 11 is 0. The van der Waals surface area contributed by atoms with E-state index in [2.05, 4.69) is 4.90 Å². The number of alkyl halides is 3. The van der Waals surface area contributed by atoms with Crippen molar-refractivity contribution in [3.63, 3.8) is 0 Å². The normalized spacial score (nSPS) is 24.1. The van der Waals surface area contributed by atoms with Gasteiger partial charge in [-0.1, -0.05) is 38.5 Å². The number of rotatable bonds is 5. The Morgan fingerprint density at radius 1 is 1.14 bits per heavy atom. The third kappa shape index (κ3) is 5.28. The van der Waals surface area contributed by atoms with Crippen LogP contribution in [0.4, 0.5) is 13.2 Å². The van der Waals surface area contributed by atoms with Crippen LogP contribution in [0.3, 0.4) is 0 Å². The van der Waals surface area contributed by atoms with Gasteiger partial charge in [0.25, 0.3) is 0 Å². The molecule has 0 spiro atoms. The van der Waals surface area contributed by atoms with Crippen molar-refractivity contribution in [2.75, 3.05) is 32.7 Å². The van der Waals surface area contributed by atoms with E-state index in [4.69, 9.17) is 0 Å². The van der Waals surface area contributed by atoms with Crippen LogP contribution < -0.4 is 0 Å². The van der Waals surface area contributed by atoms with Gasteiger partial charge in [0.15, 0.2) is 0 Å². The molecule has 2 atom stereocenters. The molecule has 2 aliphatic rings. The summed E-state index contributed by atoms with van der Waals surface area (Å²) in [6, 6.07) is 5.69. The molecule has 1 aromatic carbocycles. The lowest BCUT2D eigenvalue weighted by atomic mass is 9.87. The minimum atomic E-state index is -4.34. The number of nitrogens with zero attached hydrogens (tertiary/aromatic N) is 2. The summed E-state index contributed by atoms with van der Waals surface area (Å²) in [5.74, 6) is 0.534. The minimum absolute atomic E-state index is 0.0414. The molecule has 156 valence electrons. The number of amides is 1. The Kier molecular flexibility index (Phi) is 6.69. The fraction of sp³-hybridized carbons (Fsp3) is 0.682. The van der Waals surface area contributed by atoms with Gasteiger partial charge in [0, 0.05) is 32.0 Å². The first-order valence-electron chi connectivity index (χ1n) is 10.4. The van der Waals surface area contributed by atoms with Crippen molar-refractivity contribution in [3.05, 3.63) is 35.4 Å². The number of likely N-dealkylation sites (tertiary alicyclic amines) is 2. The van der Waals surface area contributed by atoms with Crippen LogP contribution in [-0.4, -0.2) is 48.4 Å². The molecule has 0 bridgehead atoms. The first-order chi connectivity index (χ1) is 13.2. The van der Waals surface area contributed by atoms with Crippen molar-refractivity contribution in [1.82, 2.24) is 9.80 Å². The zero-order chi connectivity index (χ0) is 20.3. The lowest BCUT2D eigenvalue weighted by molar-refractivity contribution is -0.137. The fourth-order valence-electron chi connectivity index (χ4n) is 4.54. The molecule has 0 unspecified atom stereocenters. The van der Waals surface area contributed by atoms with Crippen LogP contribution in [0.1, 0.15) is 56.6 Å². The van der Waals surface area contributed by atoms with Gasteiger partial charge in [-0.3, -0.25) is 4.79 Å². The average molecular weight is 396 g/mol. The Morgan fingerprint density at radius 3 is 2.50 bits per heavy atom. The summed E-state index contributed by atoms with van der Waals surface area (Å²) in [4.78, 5) is 16.9. The number of benzene rings is 1. The van der Waals surface area contributed by atoms with Crippen LogP contribution in [0, 0.1) is 11.8 Å². The molecule has 6 heteroatoms. The van der Waals surface area contributed by atoms with Gasteiger partial charge in [-0.15, -0.1) is 0 Å². The topological polar surface area (TPSA) is 23.6 Å². The first-order valence-corrected chi connectivity index (χ1v) is 10.4. The number of piperidine rings is 1. The van der Waals surface area contributed by atoms with Crippen molar-refractivity contribution in [2.24, 2.45) is 11.8 Å². The predicted octanol–water partition coefficient (Wildman–Crippen LogP) is 4.78. The molecule has 0 saturated carbocycles. The van der Waals surface area contributed by atoms with Crippen LogP contribution in [0.2, 0.25) is 0 Å². The molecule has 2 saturated heterocycles. The van der Waals surface area contributed by atoms with Crippen LogP contribution >= 0.6 is 0 Å². The van der Waals surface area contributed by atoms with Crippen molar-refractivity contribution >= 4 is 5.91 Å². The molecule has 3 nitrogen and oxygen atoms in total. The molecular formula is C22H31F3N2O. The molecule has 28 heavy (non-hydrogen) atoms. The minimum Gasteiger partial charge on any atom is -0.342 e. The molecule has 0 radical (unpaired) electrons. The molecular weight excluding hydrogens is 365 g/mol. The molecule has 2 aliphatic heterocycles. The standard InChI is InChI=1S/C22H31F3N2O/c1-16(2)11-21(28)27-14-18(13-26-9-4-3-5-10-26)20(15-27)17-7-6-8-19(12-17)22(23,24)25/h6-8,12,16,18,20H,3-5,9-11,13-15H2,1-2H3/t18-,20+/m1/s1. The number of hydrogen-bond acceptors (Lipinski definition) is 2. The Hall–Kier alpha value is -1.56. The van der Waals surface area contributed by atoms with E-state index in [1.807, 2.05) is 18.7 Å². The third-order valence-electron chi connectivity index (χ3n) is 5.96. The number of carbonyl (C=O) groups excluding carboxylic acids is 1. The van der Waals surface area contributed by atoms with Gasteiger partial charge < -0.3 is 9.80 Å². The summed E-state index contributed by atoms with van der Waals surface area (Å²) in [6.45, 7) is 8.14. The van der Waals surface area contributed by atoms with E-state index in [1.54, 1.807) is 6.07 Å². The van der Waals surface area contributed by atoms with E-state index in [-0.39, 0.29) is 23.7 Å². The maximum atomic E-state index is 13.2. The Bertz CT molecular complexity index is 668. The van der Waals surface area contributed by atoms with E-state index >= 15 is 0 Å². The maximum Gasteiger partial charge on any atom is 0.416 e. The van der Waals surface area contributed by atoms with Crippen LogP contribution in [-0.2, 0) is 11.0 Å². The van der Waals surface area contributed by atoms with E-state index in [0.717, 1.165) is 25.7 Å². The lowest BCUT2D eigenvalue weighted by Gasteiger charge is -2.31. The highest BCUT2D eigenvalue weighted by Gasteiger charge is 2.38. The zero-order valence-electron chi connectivity index (χ0n) is 16.8. The van der Waals surface area contributed by atoms with Crippen LogP contribution in [0.25, 0.3) is 0 Å². The third-order valence-corrected chi connectivity index (χ3v) is 5.96. The molecule has 0 aromatic heterocycles. The predicted molar refractivity (Wildman–Crippen MR) is 104 cm³/mol. The zero-order valence-corrected chi connectivity index (χ0v) is 16.8. The van der Waals surface area contributed by atoms with E-state index in [0.29, 0.717) is 25.1 Å². The summed E-state index contributed by atoms with van der Waals surface area (Å²) < 4.78 is 39.6. The van der Waals surface area contributed by atoms with Gasteiger partial charge in [-0.05, 0) is 49.4 Å². The molecule has 1 amide bonds. The Morgan fingerprint density at radius 2 is 1.86 bits per heavy atom. The van der Waals surface area contributed by atoms with Crippen molar-refractivity contribution < 1.29 is 18.0 Å². The van der Waals surface area contributed by atoms with Gasteiger partial charge >= 0.3 is 6.18 Å². The second kappa shape index (κ2) is 8.85. The summed E-state index contributed by atoms with van der Waals surface area (Å²) in [5.41, 5.74) is 0.102. The van der Waals surface area contributed by atoms with E-state index in [9.17, 15) is 18.0 Å². The molecule has 0 aliphatic carbocycles. The fourth-order valence-corrected chi connectivity index (χ4v) is 4.54. The smallest absolute Gasteiger partial charge is 0.342 e. The highest BCUT2D eigenvalue weighted by atomic mass is 19.4. The summed E-state index contributed by atoms with van der Waals surface area (Å²) in [6.07, 6.45) is -0.249. The number of carbonyl (C=O) groups is 1. The highest BCUT2D eigenvalue weighted by molar-refractivity contribution is 5.76. The van der Waals surface area contributed by atoms with Crippen molar-refractivity contribution in [3.8, 4) is 0 Å².